The summed E-state index contributed by atoms with van der Waals surface area (Å²) < 4.78 is 0. The summed E-state index contributed by atoms with van der Waals surface area (Å²) in [5, 5.41) is 8.86. The molecule has 0 aromatic carbocycles. The van der Waals surface area contributed by atoms with Crippen LogP contribution in [0.2, 0.25) is 0 Å². The first-order chi connectivity index (χ1) is 6.69. The summed E-state index contributed by atoms with van der Waals surface area (Å²) >= 11 is 0. The van der Waals surface area contributed by atoms with Crippen molar-refractivity contribution in [2.75, 3.05) is 34.7 Å². The van der Waals surface area contributed by atoms with Crippen LogP contribution in [0.5, 0.6) is 0 Å². The Balaban J connectivity index is 4.96. The highest BCUT2D eigenvalue weighted by Crippen LogP contribution is 2.16. The Morgan fingerprint density at radius 2 is 1.80 bits per heavy atom. The van der Waals surface area contributed by atoms with E-state index in [1.165, 1.54) is 0 Å². The largest absolute Gasteiger partial charge is 0.478 e. The molecule has 88 valence electrons. The van der Waals surface area contributed by atoms with Crippen LogP contribution >= 0.6 is 0 Å². The molecule has 0 saturated carbocycles. The monoisotopic (exact) mass is 214 g/mol. The number of hydrogen-bond donors (Lipinski definition) is 1. The van der Waals surface area contributed by atoms with Gasteiger partial charge in [0.25, 0.3) is 0 Å². The molecule has 0 spiro atoms. The Morgan fingerprint density at radius 1 is 1.33 bits per heavy atom. The molecule has 1 N–H and O–H groups in total. The van der Waals surface area contributed by atoms with Gasteiger partial charge in [0, 0.05) is 17.7 Å². The summed E-state index contributed by atoms with van der Waals surface area (Å²) in [4.78, 5) is 14.9. The van der Waals surface area contributed by atoms with E-state index >= 15 is 0 Å². The molecule has 0 saturated heterocycles. The van der Waals surface area contributed by atoms with Crippen LogP contribution < -0.4 is 0 Å². The van der Waals surface area contributed by atoms with Crippen molar-refractivity contribution in [3.05, 3.63) is 11.6 Å². The van der Waals surface area contributed by atoms with Gasteiger partial charge in [-0.25, -0.2) is 4.79 Å². The lowest BCUT2D eigenvalue weighted by Gasteiger charge is -2.36. The smallest absolute Gasteiger partial charge is 0.331 e. The van der Waals surface area contributed by atoms with E-state index in [9.17, 15) is 4.79 Å². The minimum atomic E-state index is -0.859. The first-order valence-electron chi connectivity index (χ1n) is 4.94. The van der Waals surface area contributed by atoms with E-state index in [1.807, 2.05) is 44.9 Å². The molecule has 0 aromatic rings. The number of hydrogen-bond acceptors (Lipinski definition) is 3. The van der Waals surface area contributed by atoms with Crippen molar-refractivity contribution in [1.82, 2.24) is 9.80 Å². The average Bonchev–Trinajstić information content (AvgIpc) is 2.01. The molecule has 0 bridgehead atoms. The van der Waals surface area contributed by atoms with Crippen LogP contribution in [0.3, 0.4) is 0 Å². The summed E-state index contributed by atoms with van der Waals surface area (Å²) in [5.41, 5.74) is 0.124. The second-order valence-corrected chi connectivity index (χ2v) is 4.62. The van der Waals surface area contributed by atoms with Crippen molar-refractivity contribution in [1.29, 1.82) is 0 Å². The fraction of sp³-hybridized carbons (Fsp3) is 0.727. The van der Waals surface area contributed by atoms with Crippen LogP contribution in [-0.2, 0) is 4.79 Å². The van der Waals surface area contributed by atoms with Crippen molar-refractivity contribution in [3.8, 4) is 0 Å². The second kappa shape index (κ2) is 5.28. The standard InChI is InChI=1S/C11H22N2O2/c1-9(10(14)15)7-11(2,13(5)6)8-12(3)4/h7H,8H2,1-6H3,(H,14,15)/b9-7+. The number of carbonyl (C=O) groups is 1. The van der Waals surface area contributed by atoms with Crippen LogP contribution in [0.1, 0.15) is 13.8 Å². The predicted molar refractivity (Wildman–Crippen MR) is 62.0 cm³/mol. The number of likely N-dealkylation sites (N-methyl/N-ethyl adjacent to an activating group) is 2. The molecule has 1 atom stereocenters. The maximum absolute atomic E-state index is 10.8. The van der Waals surface area contributed by atoms with Crippen molar-refractivity contribution in [2.45, 2.75) is 19.4 Å². The molecule has 0 amide bonds. The molecule has 0 aliphatic rings. The van der Waals surface area contributed by atoms with Gasteiger partial charge >= 0.3 is 5.97 Å². The number of carboxylic acids is 1. The zero-order chi connectivity index (χ0) is 12.2. The summed E-state index contributed by atoms with van der Waals surface area (Å²) in [7, 11) is 7.86. The van der Waals surface area contributed by atoms with Gasteiger partial charge in [0.15, 0.2) is 0 Å². The van der Waals surface area contributed by atoms with E-state index in [4.69, 9.17) is 5.11 Å². The Bertz CT molecular complexity index is 259. The molecule has 0 radical (unpaired) electrons. The predicted octanol–water partition coefficient (Wildman–Crippen LogP) is 0.899. The van der Waals surface area contributed by atoms with Crippen LogP contribution in [-0.4, -0.2) is 61.2 Å². The zero-order valence-electron chi connectivity index (χ0n) is 10.5. The highest BCUT2D eigenvalue weighted by molar-refractivity contribution is 5.86. The Morgan fingerprint density at radius 3 is 2.07 bits per heavy atom. The number of aliphatic carboxylic acids is 1. The Labute approximate surface area is 92.2 Å². The number of carboxylic acid groups (broad SMARTS) is 1. The van der Waals surface area contributed by atoms with Gasteiger partial charge in [-0.05, 0) is 42.0 Å². The van der Waals surface area contributed by atoms with Gasteiger partial charge in [0.05, 0.1) is 0 Å². The van der Waals surface area contributed by atoms with Crippen LogP contribution in [0.25, 0.3) is 0 Å². The van der Waals surface area contributed by atoms with Gasteiger partial charge < -0.3 is 10.0 Å². The van der Waals surface area contributed by atoms with Gasteiger partial charge in [-0.15, -0.1) is 0 Å². The molecule has 0 fully saturated rings. The third kappa shape index (κ3) is 4.44. The van der Waals surface area contributed by atoms with E-state index in [2.05, 4.69) is 0 Å². The normalized spacial score (nSPS) is 16.9. The summed E-state index contributed by atoms with van der Waals surface area (Å²) in [6, 6.07) is 0. The van der Waals surface area contributed by atoms with Gasteiger partial charge in [0.1, 0.15) is 0 Å². The molecule has 0 aromatic heterocycles. The van der Waals surface area contributed by atoms with E-state index in [1.54, 1.807) is 13.0 Å². The molecule has 0 rings (SSSR count). The molecular weight excluding hydrogens is 192 g/mol. The highest BCUT2D eigenvalue weighted by atomic mass is 16.4. The minimum Gasteiger partial charge on any atom is -0.478 e. The van der Waals surface area contributed by atoms with E-state index in [0.29, 0.717) is 5.57 Å². The molecule has 0 aliphatic heterocycles. The van der Waals surface area contributed by atoms with Gasteiger partial charge in [0.2, 0.25) is 0 Å². The second-order valence-electron chi connectivity index (χ2n) is 4.62. The lowest BCUT2D eigenvalue weighted by molar-refractivity contribution is -0.132. The van der Waals surface area contributed by atoms with Crippen LogP contribution in [0, 0.1) is 0 Å². The molecule has 0 aliphatic carbocycles. The topological polar surface area (TPSA) is 43.8 Å². The fourth-order valence-electron chi connectivity index (χ4n) is 1.48. The van der Waals surface area contributed by atoms with E-state index in [-0.39, 0.29) is 5.54 Å². The SMILES string of the molecule is C/C(=C\C(C)(CN(C)C)N(C)C)C(=O)O. The molecule has 15 heavy (non-hydrogen) atoms. The third-order valence-corrected chi connectivity index (χ3v) is 2.52. The lowest BCUT2D eigenvalue weighted by Crippen LogP contribution is -2.47. The maximum atomic E-state index is 10.8. The summed E-state index contributed by atoms with van der Waals surface area (Å²) in [6.07, 6.45) is 1.80. The molecular formula is C11H22N2O2. The summed E-state index contributed by atoms with van der Waals surface area (Å²) in [5.74, 6) is -0.859. The number of rotatable bonds is 5. The first-order valence-corrected chi connectivity index (χ1v) is 4.94. The molecule has 4 nitrogen and oxygen atoms in total. The van der Waals surface area contributed by atoms with E-state index < -0.39 is 5.97 Å². The Hall–Kier alpha value is -0.870. The maximum Gasteiger partial charge on any atom is 0.331 e. The third-order valence-electron chi connectivity index (χ3n) is 2.52. The molecule has 1 unspecified atom stereocenters. The van der Waals surface area contributed by atoms with Gasteiger partial charge in [-0.2, -0.15) is 0 Å². The van der Waals surface area contributed by atoms with Gasteiger partial charge in [-0.1, -0.05) is 6.08 Å². The molecule has 0 heterocycles. The molecule has 4 heteroatoms. The van der Waals surface area contributed by atoms with Crippen molar-refractivity contribution >= 4 is 5.97 Å². The summed E-state index contributed by atoms with van der Waals surface area (Å²) in [6.45, 7) is 4.43. The van der Waals surface area contributed by atoms with Crippen molar-refractivity contribution in [2.24, 2.45) is 0 Å². The lowest BCUT2D eigenvalue weighted by atomic mass is 9.97. The van der Waals surface area contributed by atoms with Crippen molar-refractivity contribution < 1.29 is 9.90 Å². The zero-order valence-corrected chi connectivity index (χ0v) is 10.5. The quantitative estimate of drug-likeness (QED) is 0.691. The van der Waals surface area contributed by atoms with E-state index in [0.717, 1.165) is 6.54 Å². The highest BCUT2D eigenvalue weighted by Gasteiger charge is 2.26. The fourth-order valence-corrected chi connectivity index (χ4v) is 1.48. The van der Waals surface area contributed by atoms with Crippen molar-refractivity contribution in [3.63, 3.8) is 0 Å². The first kappa shape index (κ1) is 14.1. The number of nitrogens with zero attached hydrogens (tertiary/aromatic N) is 2. The Kier molecular flexibility index (Phi) is 4.97. The average molecular weight is 214 g/mol. The van der Waals surface area contributed by atoms with Crippen LogP contribution in [0.4, 0.5) is 0 Å². The van der Waals surface area contributed by atoms with Gasteiger partial charge in [-0.3, -0.25) is 4.90 Å². The van der Waals surface area contributed by atoms with Crippen LogP contribution in [0.15, 0.2) is 11.6 Å². The minimum absolute atomic E-state index is 0.258.